The van der Waals surface area contributed by atoms with Gasteiger partial charge in [0.05, 0.1) is 5.69 Å². The zero-order valence-electron chi connectivity index (χ0n) is 10.3. The van der Waals surface area contributed by atoms with E-state index in [-0.39, 0.29) is 12.5 Å². The number of amides is 2. The van der Waals surface area contributed by atoms with Gasteiger partial charge in [0.25, 0.3) is 0 Å². The number of hydrogen-bond acceptors (Lipinski definition) is 2. The normalized spacial score (nSPS) is 10.1. The Balaban J connectivity index is 2.51. The zero-order valence-corrected chi connectivity index (χ0v) is 13.5. The molecule has 0 unspecified atom stereocenters. The first-order chi connectivity index (χ1) is 8.90. The predicted molar refractivity (Wildman–Crippen MR) is 80.4 cm³/mol. The van der Waals surface area contributed by atoms with Crippen molar-refractivity contribution in [2.75, 3.05) is 18.9 Å². The Labute approximate surface area is 128 Å². The molecule has 1 aromatic carbocycles. The maximum atomic E-state index is 11.9. The summed E-state index contributed by atoms with van der Waals surface area (Å²) >= 11 is 6.69. The number of carboxylic acids is 1. The number of carbonyl (C=O) groups excluding carboxylic acids is 1. The molecular weight excluding hydrogens is 380 g/mol. The van der Waals surface area contributed by atoms with Gasteiger partial charge < -0.3 is 15.3 Å². The van der Waals surface area contributed by atoms with Crippen LogP contribution in [0, 0.1) is 0 Å². The number of nitrogens with zero attached hydrogens (tertiary/aromatic N) is 1. The van der Waals surface area contributed by atoms with Crippen LogP contribution in [0.1, 0.15) is 12.8 Å². The van der Waals surface area contributed by atoms with E-state index in [0.29, 0.717) is 18.7 Å². The molecule has 0 aliphatic rings. The van der Waals surface area contributed by atoms with Gasteiger partial charge in [0.2, 0.25) is 0 Å². The summed E-state index contributed by atoms with van der Waals surface area (Å²) in [6.45, 7) is 0.395. The molecule has 0 saturated heterocycles. The van der Waals surface area contributed by atoms with Gasteiger partial charge >= 0.3 is 12.0 Å². The van der Waals surface area contributed by atoms with Crippen LogP contribution in [0.5, 0.6) is 0 Å². The van der Waals surface area contributed by atoms with Crippen LogP contribution in [-0.2, 0) is 4.79 Å². The average Bonchev–Trinajstić information content (AvgIpc) is 2.32. The molecular formula is C12H14Br2N2O3. The first kappa shape index (κ1) is 16.0. The van der Waals surface area contributed by atoms with E-state index in [2.05, 4.69) is 37.2 Å². The number of rotatable bonds is 5. The fraction of sp³-hybridized carbons (Fsp3) is 0.333. The summed E-state index contributed by atoms with van der Waals surface area (Å²) in [5, 5.41) is 11.3. The molecule has 0 bridgehead atoms. The van der Waals surface area contributed by atoms with Crippen molar-refractivity contribution in [2.45, 2.75) is 12.8 Å². The van der Waals surface area contributed by atoms with Gasteiger partial charge in [-0.1, -0.05) is 15.9 Å². The number of anilines is 1. The summed E-state index contributed by atoms with van der Waals surface area (Å²) in [5.41, 5.74) is 0.665. The average molecular weight is 394 g/mol. The van der Waals surface area contributed by atoms with Crippen molar-refractivity contribution >= 4 is 49.5 Å². The molecule has 0 spiro atoms. The smallest absolute Gasteiger partial charge is 0.321 e. The maximum Gasteiger partial charge on any atom is 0.321 e. The highest BCUT2D eigenvalue weighted by molar-refractivity contribution is 9.11. The lowest BCUT2D eigenvalue weighted by Gasteiger charge is -2.18. The van der Waals surface area contributed by atoms with Crippen molar-refractivity contribution in [3.8, 4) is 0 Å². The SMILES string of the molecule is CN(CCCC(=O)O)C(=O)Nc1ccc(Br)cc1Br. The van der Waals surface area contributed by atoms with E-state index in [0.717, 1.165) is 8.95 Å². The summed E-state index contributed by atoms with van der Waals surface area (Å²) in [5.74, 6) is -0.857. The fourth-order valence-corrected chi connectivity index (χ4v) is 2.52. The van der Waals surface area contributed by atoms with Crippen LogP contribution in [0.2, 0.25) is 0 Å². The summed E-state index contributed by atoms with van der Waals surface area (Å²) in [6, 6.07) is 5.16. The Morgan fingerprint density at radius 1 is 1.37 bits per heavy atom. The van der Waals surface area contributed by atoms with Crippen LogP contribution in [0.4, 0.5) is 10.5 Å². The van der Waals surface area contributed by atoms with Crippen molar-refractivity contribution in [3.63, 3.8) is 0 Å². The van der Waals surface area contributed by atoms with Crippen molar-refractivity contribution in [1.29, 1.82) is 0 Å². The molecule has 7 heteroatoms. The van der Waals surface area contributed by atoms with Crippen molar-refractivity contribution in [3.05, 3.63) is 27.1 Å². The lowest BCUT2D eigenvalue weighted by atomic mass is 10.3. The first-order valence-electron chi connectivity index (χ1n) is 5.59. The van der Waals surface area contributed by atoms with Crippen LogP contribution >= 0.6 is 31.9 Å². The molecule has 2 N–H and O–H groups in total. The minimum Gasteiger partial charge on any atom is -0.481 e. The van der Waals surface area contributed by atoms with E-state index in [4.69, 9.17) is 5.11 Å². The highest BCUT2D eigenvalue weighted by Crippen LogP contribution is 2.26. The van der Waals surface area contributed by atoms with Crippen LogP contribution in [0.25, 0.3) is 0 Å². The van der Waals surface area contributed by atoms with E-state index in [1.54, 1.807) is 13.1 Å². The molecule has 0 aliphatic heterocycles. The number of aliphatic carboxylic acids is 1. The number of carboxylic acid groups (broad SMARTS) is 1. The molecule has 0 atom stereocenters. The van der Waals surface area contributed by atoms with E-state index in [9.17, 15) is 9.59 Å². The standard InChI is InChI=1S/C12H14Br2N2O3/c1-16(6-2-3-11(17)18)12(19)15-10-5-4-8(13)7-9(10)14/h4-5,7H,2-3,6H2,1H3,(H,15,19)(H,17,18). The Morgan fingerprint density at radius 2 is 2.05 bits per heavy atom. The molecule has 0 fully saturated rings. The van der Waals surface area contributed by atoms with E-state index < -0.39 is 5.97 Å². The van der Waals surface area contributed by atoms with Gasteiger partial charge in [-0.2, -0.15) is 0 Å². The molecule has 0 radical (unpaired) electrons. The van der Waals surface area contributed by atoms with Crippen molar-refractivity contribution in [2.24, 2.45) is 0 Å². The second-order valence-corrected chi connectivity index (χ2v) is 5.74. The minimum absolute atomic E-state index is 0.0552. The molecule has 0 heterocycles. The lowest BCUT2D eigenvalue weighted by molar-refractivity contribution is -0.137. The molecule has 1 aromatic rings. The Bertz CT molecular complexity index is 480. The quantitative estimate of drug-likeness (QED) is 0.803. The van der Waals surface area contributed by atoms with Crippen LogP contribution in [0.3, 0.4) is 0 Å². The molecule has 19 heavy (non-hydrogen) atoms. The van der Waals surface area contributed by atoms with Gasteiger partial charge in [0.15, 0.2) is 0 Å². The number of hydrogen-bond donors (Lipinski definition) is 2. The number of benzene rings is 1. The summed E-state index contributed by atoms with van der Waals surface area (Å²) in [6.07, 6.45) is 0.486. The first-order valence-corrected chi connectivity index (χ1v) is 7.17. The zero-order chi connectivity index (χ0) is 14.4. The Hall–Kier alpha value is -1.08. The van der Waals surface area contributed by atoms with E-state index >= 15 is 0 Å². The molecule has 0 saturated carbocycles. The third-order valence-corrected chi connectivity index (χ3v) is 3.55. The monoisotopic (exact) mass is 392 g/mol. The summed E-state index contributed by atoms with van der Waals surface area (Å²) in [7, 11) is 1.63. The van der Waals surface area contributed by atoms with Gasteiger partial charge in [0, 0.05) is 29.0 Å². The number of halogens is 2. The third-order valence-electron chi connectivity index (χ3n) is 2.40. The summed E-state index contributed by atoms with van der Waals surface area (Å²) in [4.78, 5) is 23.7. The van der Waals surface area contributed by atoms with Gasteiger partial charge in [-0.25, -0.2) is 4.79 Å². The van der Waals surface area contributed by atoms with Crippen molar-refractivity contribution in [1.82, 2.24) is 4.90 Å². The number of urea groups is 1. The molecule has 0 aliphatic carbocycles. The predicted octanol–water partition coefficient (Wildman–Crippen LogP) is 3.54. The maximum absolute atomic E-state index is 11.9. The van der Waals surface area contributed by atoms with E-state index in [1.165, 1.54) is 4.90 Å². The van der Waals surface area contributed by atoms with Gasteiger partial charge in [-0.3, -0.25) is 4.79 Å². The highest BCUT2D eigenvalue weighted by atomic mass is 79.9. The molecule has 104 valence electrons. The van der Waals surface area contributed by atoms with Crippen LogP contribution in [0.15, 0.2) is 27.1 Å². The number of nitrogens with one attached hydrogen (secondary N) is 1. The number of carbonyl (C=O) groups is 2. The largest absolute Gasteiger partial charge is 0.481 e. The topological polar surface area (TPSA) is 69.6 Å². The molecule has 0 aromatic heterocycles. The minimum atomic E-state index is -0.857. The Morgan fingerprint density at radius 3 is 2.63 bits per heavy atom. The second-order valence-electron chi connectivity index (χ2n) is 3.97. The molecule has 1 rings (SSSR count). The lowest BCUT2D eigenvalue weighted by Crippen LogP contribution is -2.32. The van der Waals surface area contributed by atoms with Crippen LogP contribution < -0.4 is 5.32 Å². The van der Waals surface area contributed by atoms with E-state index in [1.807, 2.05) is 12.1 Å². The summed E-state index contributed by atoms with van der Waals surface area (Å²) < 4.78 is 1.68. The molecule has 5 nitrogen and oxygen atoms in total. The van der Waals surface area contributed by atoms with Gasteiger partial charge in [0.1, 0.15) is 0 Å². The van der Waals surface area contributed by atoms with Crippen LogP contribution in [-0.4, -0.2) is 35.6 Å². The van der Waals surface area contributed by atoms with Crippen molar-refractivity contribution < 1.29 is 14.7 Å². The molecule has 2 amide bonds. The Kier molecular flexibility index (Phi) is 6.30. The fourth-order valence-electron chi connectivity index (χ4n) is 1.37. The third kappa shape index (κ3) is 5.61. The van der Waals surface area contributed by atoms with Gasteiger partial charge in [-0.15, -0.1) is 0 Å². The highest BCUT2D eigenvalue weighted by Gasteiger charge is 2.11. The second kappa shape index (κ2) is 7.49. The van der Waals surface area contributed by atoms with Gasteiger partial charge in [-0.05, 0) is 40.5 Å².